The standard InChI is InChI=1S/C38H45N3O8/c1-24-13-11-14-25(2)32(24)40-21-12-19-38-31(35(44)41(20-9-10-22-42)34(38)36(40)45)30-28(49-38)17-7-8-18-29(43)39-27(23-47-3)33(48-37(30)46)26-15-5-4-6-16-26/h4-7,11-17,19,27-28,30-31,33-34,42H,8-10,18,20-23H2,1-3H3,(H,39,43)/b17-7-/t27-,28-,30+,31+,33-,34-,38+/m0/s1. The molecule has 260 valence electrons. The van der Waals surface area contributed by atoms with Gasteiger partial charge in [0.1, 0.15) is 23.7 Å². The minimum Gasteiger partial charge on any atom is -0.455 e. The highest BCUT2D eigenvalue weighted by Gasteiger charge is 2.72. The molecule has 0 aliphatic carbocycles. The molecule has 0 radical (unpaired) electrons. The number of cyclic esters (lactones) is 1. The van der Waals surface area contributed by atoms with Gasteiger partial charge in [0.05, 0.1) is 24.7 Å². The lowest BCUT2D eigenvalue weighted by Crippen LogP contribution is -2.55. The summed E-state index contributed by atoms with van der Waals surface area (Å²) in [5, 5.41) is 12.5. The van der Waals surface area contributed by atoms with E-state index >= 15 is 0 Å². The molecule has 4 aliphatic rings. The topological polar surface area (TPSA) is 135 Å². The fourth-order valence-electron chi connectivity index (χ4n) is 7.96. The van der Waals surface area contributed by atoms with Gasteiger partial charge in [-0.25, -0.2) is 0 Å². The highest BCUT2D eigenvalue weighted by Crippen LogP contribution is 2.53. The van der Waals surface area contributed by atoms with E-state index in [4.69, 9.17) is 14.2 Å². The number of likely N-dealkylation sites (tertiary alicyclic amines) is 1. The maximum Gasteiger partial charge on any atom is 0.313 e. The summed E-state index contributed by atoms with van der Waals surface area (Å²) in [6.07, 6.45) is 6.83. The molecule has 2 N–H and O–H groups in total. The molecule has 2 aromatic carbocycles. The average molecular weight is 672 g/mol. The molecule has 2 fully saturated rings. The van der Waals surface area contributed by atoms with Gasteiger partial charge in [0.15, 0.2) is 0 Å². The number of ether oxygens (including phenoxy) is 3. The number of nitrogens with zero attached hydrogens (tertiary/aromatic N) is 2. The third-order valence-corrected chi connectivity index (χ3v) is 10.1. The minimum atomic E-state index is -1.46. The number of fused-ring (bicyclic) bond motifs is 2. The molecule has 1 spiro atoms. The van der Waals surface area contributed by atoms with Crippen LogP contribution in [0.25, 0.3) is 0 Å². The van der Waals surface area contributed by atoms with Crippen molar-refractivity contribution in [1.29, 1.82) is 0 Å². The summed E-state index contributed by atoms with van der Waals surface area (Å²) in [7, 11) is 1.51. The van der Waals surface area contributed by atoms with Gasteiger partial charge < -0.3 is 34.4 Å². The number of para-hydroxylation sites is 1. The molecule has 11 heteroatoms. The quantitative estimate of drug-likeness (QED) is 0.248. The normalized spacial score (nSPS) is 30.8. The number of hydrogen-bond acceptors (Lipinski definition) is 8. The zero-order valence-electron chi connectivity index (χ0n) is 28.2. The Balaban J connectivity index is 1.45. The third-order valence-electron chi connectivity index (χ3n) is 10.1. The summed E-state index contributed by atoms with van der Waals surface area (Å²) in [6, 6.07) is 13.2. The number of rotatable bonds is 8. The van der Waals surface area contributed by atoms with Gasteiger partial charge in [0.25, 0.3) is 5.91 Å². The van der Waals surface area contributed by atoms with Gasteiger partial charge in [-0.15, -0.1) is 0 Å². The highest BCUT2D eigenvalue weighted by molar-refractivity contribution is 6.06. The number of aliphatic hydroxyl groups is 1. The van der Waals surface area contributed by atoms with Gasteiger partial charge in [-0.05, 0) is 49.8 Å². The molecule has 2 aromatic rings. The molecule has 0 saturated carbocycles. The molecule has 49 heavy (non-hydrogen) atoms. The van der Waals surface area contributed by atoms with Gasteiger partial charge in [0.2, 0.25) is 11.8 Å². The van der Waals surface area contributed by atoms with Crippen LogP contribution in [0.2, 0.25) is 0 Å². The molecule has 7 atom stereocenters. The number of carbonyl (C=O) groups excluding carboxylic acids is 4. The first-order valence-electron chi connectivity index (χ1n) is 17.1. The number of benzene rings is 2. The Bertz CT molecular complexity index is 1610. The van der Waals surface area contributed by atoms with Crippen molar-refractivity contribution >= 4 is 29.4 Å². The number of hydrogen-bond donors (Lipinski definition) is 2. The van der Waals surface area contributed by atoms with Crippen LogP contribution in [-0.4, -0.2) is 90.9 Å². The predicted molar refractivity (Wildman–Crippen MR) is 181 cm³/mol. The van der Waals surface area contributed by atoms with E-state index in [0.717, 1.165) is 16.8 Å². The number of esters is 1. The Morgan fingerprint density at radius 1 is 0.980 bits per heavy atom. The van der Waals surface area contributed by atoms with Crippen LogP contribution >= 0.6 is 0 Å². The second-order valence-electron chi connectivity index (χ2n) is 13.3. The van der Waals surface area contributed by atoms with E-state index < -0.39 is 47.7 Å². The number of methoxy groups -OCH3 is 1. The number of nitrogens with one attached hydrogen (secondary N) is 1. The molecule has 4 aliphatic heterocycles. The monoisotopic (exact) mass is 671 g/mol. The Kier molecular flexibility index (Phi) is 10.3. The summed E-state index contributed by atoms with van der Waals surface area (Å²) in [4.78, 5) is 60.3. The van der Waals surface area contributed by atoms with Crippen LogP contribution in [0.1, 0.15) is 48.5 Å². The van der Waals surface area contributed by atoms with Gasteiger partial charge in [-0.2, -0.15) is 0 Å². The number of allylic oxidation sites excluding steroid dienone is 1. The fourth-order valence-corrected chi connectivity index (χ4v) is 7.96. The van der Waals surface area contributed by atoms with Crippen LogP contribution in [0, 0.1) is 25.7 Å². The fraction of sp³-hybridized carbons (Fsp3) is 0.474. The number of anilines is 1. The van der Waals surface area contributed by atoms with Crippen LogP contribution < -0.4 is 10.2 Å². The zero-order chi connectivity index (χ0) is 34.7. The predicted octanol–water partition coefficient (Wildman–Crippen LogP) is 3.33. The van der Waals surface area contributed by atoms with E-state index in [1.807, 2.05) is 68.5 Å². The lowest BCUT2D eigenvalue weighted by Gasteiger charge is -2.36. The number of amides is 3. The van der Waals surface area contributed by atoms with Crippen molar-refractivity contribution < 1.29 is 38.5 Å². The summed E-state index contributed by atoms with van der Waals surface area (Å²) in [6.45, 7) is 4.40. The molecule has 0 aromatic heterocycles. The van der Waals surface area contributed by atoms with Crippen LogP contribution in [0.5, 0.6) is 0 Å². The van der Waals surface area contributed by atoms with Crippen molar-refractivity contribution in [3.05, 3.63) is 89.5 Å². The molecule has 2 saturated heterocycles. The molecule has 11 nitrogen and oxygen atoms in total. The number of carbonyl (C=O) groups is 4. The minimum absolute atomic E-state index is 0.0536. The van der Waals surface area contributed by atoms with Crippen molar-refractivity contribution in [2.45, 2.75) is 69.4 Å². The maximum absolute atomic E-state index is 14.8. The van der Waals surface area contributed by atoms with Crippen molar-refractivity contribution in [1.82, 2.24) is 10.2 Å². The van der Waals surface area contributed by atoms with Gasteiger partial charge in [-0.1, -0.05) is 72.8 Å². The maximum atomic E-state index is 14.8. The number of unbranched alkanes of at least 4 members (excludes halogenated alkanes) is 1. The van der Waals surface area contributed by atoms with Crippen molar-refractivity contribution in [2.24, 2.45) is 11.8 Å². The number of aliphatic hydroxyl groups excluding tert-OH is 1. The molecular weight excluding hydrogens is 626 g/mol. The molecule has 0 bridgehead atoms. The highest BCUT2D eigenvalue weighted by atomic mass is 16.6. The van der Waals surface area contributed by atoms with Crippen LogP contribution in [0.3, 0.4) is 0 Å². The van der Waals surface area contributed by atoms with Gasteiger partial charge in [0, 0.05) is 38.9 Å². The first-order chi connectivity index (χ1) is 23.7. The first-order valence-corrected chi connectivity index (χ1v) is 17.1. The molecule has 0 unspecified atom stereocenters. The summed E-state index contributed by atoms with van der Waals surface area (Å²) in [5.41, 5.74) is 1.82. The molecule has 3 amide bonds. The van der Waals surface area contributed by atoms with E-state index in [0.29, 0.717) is 24.8 Å². The van der Waals surface area contributed by atoms with Crippen molar-refractivity contribution in [3.63, 3.8) is 0 Å². The Hall–Kier alpha value is -4.32. The lowest BCUT2D eigenvalue weighted by atomic mass is 9.77. The van der Waals surface area contributed by atoms with Crippen molar-refractivity contribution in [2.75, 3.05) is 38.3 Å². The summed E-state index contributed by atoms with van der Waals surface area (Å²) < 4.78 is 18.6. The lowest BCUT2D eigenvalue weighted by molar-refractivity contribution is -0.162. The molecule has 6 rings (SSSR count). The smallest absolute Gasteiger partial charge is 0.313 e. The van der Waals surface area contributed by atoms with Gasteiger partial charge >= 0.3 is 5.97 Å². The van der Waals surface area contributed by atoms with E-state index in [1.54, 1.807) is 28.0 Å². The zero-order valence-corrected chi connectivity index (χ0v) is 28.2. The molecular formula is C38H45N3O8. The van der Waals surface area contributed by atoms with Crippen molar-refractivity contribution in [3.8, 4) is 0 Å². The summed E-state index contributed by atoms with van der Waals surface area (Å²) >= 11 is 0. The summed E-state index contributed by atoms with van der Waals surface area (Å²) in [5.74, 6) is -3.69. The largest absolute Gasteiger partial charge is 0.455 e. The van der Waals surface area contributed by atoms with Gasteiger partial charge in [-0.3, -0.25) is 19.2 Å². The Morgan fingerprint density at radius 2 is 1.73 bits per heavy atom. The van der Waals surface area contributed by atoms with E-state index in [9.17, 15) is 24.3 Å². The Morgan fingerprint density at radius 3 is 2.45 bits per heavy atom. The van der Waals surface area contributed by atoms with Crippen LogP contribution in [-0.2, 0) is 33.4 Å². The average Bonchev–Trinajstić information content (AvgIpc) is 3.47. The van der Waals surface area contributed by atoms with Crippen LogP contribution in [0.4, 0.5) is 5.69 Å². The van der Waals surface area contributed by atoms with E-state index in [-0.39, 0.29) is 50.4 Å². The van der Waals surface area contributed by atoms with Crippen LogP contribution in [0.15, 0.2) is 72.8 Å². The van der Waals surface area contributed by atoms with E-state index in [1.165, 1.54) is 7.11 Å². The second-order valence-corrected chi connectivity index (χ2v) is 13.3. The Labute approximate surface area is 286 Å². The number of aryl methyl sites for hydroxylation is 2. The SMILES string of the molecule is COC[C@@H]1NC(=O)CC/C=C\[C@@H]2O[C@@]34C=CCN(c5c(C)cccc5C)C(=O)[C@@H]3N(CCCCO)C(=O)[C@H]4[C@@H]2C(=O)O[C@H]1c1ccccc1. The third kappa shape index (κ3) is 6.42. The molecule has 4 heterocycles. The van der Waals surface area contributed by atoms with E-state index in [2.05, 4.69) is 5.32 Å². The second kappa shape index (κ2) is 14.7. The first kappa shape index (κ1) is 34.5.